The maximum atomic E-state index is 13.2. The summed E-state index contributed by atoms with van der Waals surface area (Å²) in [5.41, 5.74) is 2.35. The average Bonchev–Trinajstić information content (AvgIpc) is 3.45. The Hall–Kier alpha value is -3.33. The Morgan fingerprint density at radius 1 is 1.33 bits per heavy atom. The Bertz CT molecular complexity index is 1270. The number of carbonyl (C=O) groups excluding carboxylic acids is 2. The molecule has 4 aromatic rings. The highest BCUT2D eigenvalue weighted by atomic mass is 32.1. The van der Waals surface area contributed by atoms with Crippen molar-refractivity contribution < 1.29 is 14.0 Å². The highest BCUT2D eigenvalue weighted by Crippen LogP contribution is 2.40. The van der Waals surface area contributed by atoms with Crippen LogP contribution in [0.2, 0.25) is 0 Å². The van der Waals surface area contributed by atoms with E-state index in [-0.39, 0.29) is 17.4 Å². The van der Waals surface area contributed by atoms with E-state index in [4.69, 9.17) is 4.42 Å². The van der Waals surface area contributed by atoms with Crippen LogP contribution in [0.4, 0.5) is 5.00 Å². The second-order valence-electron chi connectivity index (χ2n) is 7.55. The number of aryl methyl sites for hydroxylation is 1. The molecule has 1 N–H and O–H groups in total. The number of aromatic nitrogens is 4. The molecule has 0 radical (unpaired) electrons. The summed E-state index contributed by atoms with van der Waals surface area (Å²) in [4.78, 5) is 35.6. The number of ketones is 1. The third kappa shape index (κ3) is 3.11. The molecule has 1 aliphatic rings. The Labute approximate surface area is 176 Å². The number of thiophene rings is 1. The zero-order valence-corrected chi connectivity index (χ0v) is 17.3. The number of amides is 1. The second kappa shape index (κ2) is 7.17. The van der Waals surface area contributed by atoms with E-state index in [0.29, 0.717) is 22.3 Å². The fourth-order valence-corrected chi connectivity index (χ4v) is 5.17. The van der Waals surface area contributed by atoms with E-state index in [0.717, 1.165) is 35.4 Å². The molecule has 152 valence electrons. The predicted molar refractivity (Wildman–Crippen MR) is 111 cm³/mol. The number of carbonyl (C=O) groups is 2. The molecule has 8 nitrogen and oxygen atoms in total. The molecule has 30 heavy (non-hydrogen) atoms. The highest BCUT2D eigenvalue weighted by Gasteiger charge is 2.30. The van der Waals surface area contributed by atoms with Gasteiger partial charge in [-0.3, -0.25) is 9.59 Å². The van der Waals surface area contributed by atoms with Gasteiger partial charge in [0.05, 0.1) is 11.8 Å². The molecule has 0 spiro atoms. The molecule has 1 atom stereocenters. The number of rotatable bonds is 4. The van der Waals surface area contributed by atoms with Crippen LogP contribution in [0.1, 0.15) is 56.2 Å². The van der Waals surface area contributed by atoms with Crippen molar-refractivity contribution >= 4 is 33.8 Å². The van der Waals surface area contributed by atoms with Gasteiger partial charge in [0.25, 0.3) is 11.7 Å². The molecule has 9 heteroatoms. The number of hydrogen-bond acceptors (Lipinski definition) is 7. The minimum atomic E-state index is -0.472. The van der Waals surface area contributed by atoms with E-state index in [1.54, 1.807) is 24.4 Å². The first-order valence-electron chi connectivity index (χ1n) is 9.73. The Morgan fingerprint density at radius 2 is 2.20 bits per heavy atom. The van der Waals surface area contributed by atoms with Crippen LogP contribution >= 0.6 is 11.3 Å². The molecule has 4 aromatic heterocycles. The number of furan rings is 1. The quantitative estimate of drug-likeness (QED) is 0.504. The van der Waals surface area contributed by atoms with Gasteiger partial charge in [-0.05, 0) is 55.9 Å². The van der Waals surface area contributed by atoms with Gasteiger partial charge >= 0.3 is 0 Å². The summed E-state index contributed by atoms with van der Waals surface area (Å²) in [7, 11) is 0. The number of nitrogens with zero attached hydrogens (tertiary/aromatic N) is 4. The molecule has 0 saturated carbocycles. The summed E-state index contributed by atoms with van der Waals surface area (Å²) in [6, 6.07) is 5.11. The normalized spacial score (nSPS) is 15.9. The van der Waals surface area contributed by atoms with E-state index in [2.05, 4.69) is 27.3 Å². The average molecular weight is 421 g/mol. The predicted octanol–water partition coefficient (Wildman–Crippen LogP) is 3.70. The Balaban J connectivity index is 1.53. The van der Waals surface area contributed by atoms with E-state index in [1.807, 2.05) is 6.92 Å². The van der Waals surface area contributed by atoms with Crippen LogP contribution in [0.3, 0.4) is 0 Å². The Morgan fingerprint density at radius 3 is 2.97 bits per heavy atom. The van der Waals surface area contributed by atoms with E-state index in [1.165, 1.54) is 22.1 Å². The lowest BCUT2D eigenvalue weighted by atomic mass is 9.87. The van der Waals surface area contributed by atoms with E-state index >= 15 is 0 Å². The zero-order valence-electron chi connectivity index (χ0n) is 16.5. The van der Waals surface area contributed by atoms with Crippen LogP contribution in [0.15, 0.2) is 35.1 Å². The molecule has 0 aromatic carbocycles. The fraction of sp³-hybridized carbons (Fsp3) is 0.286. The van der Waals surface area contributed by atoms with Crippen molar-refractivity contribution in [3.8, 4) is 0 Å². The summed E-state index contributed by atoms with van der Waals surface area (Å²) >= 11 is 1.45. The van der Waals surface area contributed by atoms with Crippen LogP contribution in [0, 0.1) is 12.8 Å². The van der Waals surface area contributed by atoms with Crippen LogP contribution in [-0.4, -0.2) is 31.3 Å². The van der Waals surface area contributed by atoms with Crippen molar-refractivity contribution in [3.05, 3.63) is 63.9 Å². The third-order valence-electron chi connectivity index (χ3n) is 5.34. The van der Waals surface area contributed by atoms with Gasteiger partial charge in [-0.15, -0.1) is 16.4 Å². The van der Waals surface area contributed by atoms with Gasteiger partial charge in [0.15, 0.2) is 5.76 Å². The van der Waals surface area contributed by atoms with Gasteiger partial charge in [-0.25, -0.2) is 9.50 Å². The van der Waals surface area contributed by atoms with Crippen LogP contribution in [-0.2, 0) is 12.8 Å². The maximum absolute atomic E-state index is 13.2. The lowest BCUT2D eigenvalue weighted by molar-refractivity contribution is 0.101. The zero-order chi connectivity index (χ0) is 20.8. The summed E-state index contributed by atoms with van der Waals surface area (Å²) < 4.78 is 6.85. The SMILES string of the molecule is Cc1ccnc2nc(C(=O)Nc3sc4c(c3C(=O)c3ccco3)CCC(C)C4)nn12. The minimum Gasteiger partial charge on any atom is -0.461 e. The smallest absolute Gasteiger partial charge is 0.296 e. The molecule has 1 unspecified atom stereocenters. The monoisotopic (exact) mass is 421 g/mol. The van der Waals surface area contributed by atoms with Gasteiger partial charge in [0.2, 0.25) is 11.6 Å². The summed E-state index contributed by atoms with van der Waals surface area (Å²) in [5.74, 6) is 0.470. The molecule has 4 heterocycles. The molecule has 1 amide bonds. The highest BCUT2D eigenvalue weighted by molar-refractivity contribution is 7.17. The first-order valence-corrected chi connectivity index (χ1v) is 10.6. The Kier molecular flexibility index (Phi) is 4.47. The summed E-state index contributed by atoms with van der Waals surface area (Å²) in [5, 5.41) is 7.65. The standard InChI is InChI=1S/C21H19N5O3S/c1-11-5-6-13-15(10-11)30-20(16(13)17(27)14-4-3-9-29-14)24-19(28)18-23-21-22-8-7-12(2)26(21)25-18/h3-4,7-9,11H,5-6,10H2,1-2H3,(H,24,28). The number of nitrogens with one attached hydrogen (secondary N) is 1. The molecule has 1 aliphatic carbocycles. The van der Waals surface area contributed by atoms with Crippen molar-refractivity contribution in [2.45, 2.75) is 33.1 Å². The fourth-order valence-electron chi connectivity index (χ4n) is 3.77. The molecular weight excluding hydrogens is 402 g/mol. The number of anilines is 1. The van der Waals surface area contributed by atoms with Crippen molar-refractivity contribution in [2.24, 2.45) is 5.92 Å². The van der Waals surface area contributed by atoms with Crippen LogP contribution in [0.5, 0.6) is 0 Å². The van der Waals surface area contributed by atoms with Gasteiger partial charge in [-0.2, -0.15) is 4.98 Å². The lowest BCUT2D eigenvalue weighted by Crippen LogP contribution is -2.16. The first-order chi connectivity index (χ1) is 14.5. The van der Waals surface area contributed by atoms with Crippen LogP contribution < -0.4 is 5.32 Å². The van der Waals surface area contributed by atoms with Gasteiger partial charge in [0, 0.05) is 16.8 Å². The molecular formula is C21H19N5O3S. The van der Waals surface area contributed by atoms with Crippen LogP contribution in [0.25, 0.3) is 5.78 Å². The van der Waals surface area contributed by atoms with Crippen molar-refractivity contribution in [2.75, 3.05) is 5.32 Å². The van der Waals surface area contributed by atoms with Crippen molar-refractivity contribution in [1.82, 2.24) is 19.6 Å². The van der Waals surface area contributed by atoms with E-state index < -0.39 is 5.91 Å². The number of hydrogen-bond donors (Lipinski definition) is 1. The summed E-state index contributed by atoms with van der Waals surface area (Å²) in [6.45, 7) is 4.06. The van der Waals surface area contributed by atoms with Crippen molar-refractivity contribution in [3.63, 3.8) is 0 Å². The third-order valence-corrected chi connectivity index (χ3v) is 6.51. The summed E-state index contributed by atoms with van der Waals surface area (Å²) in [6.07, 6.45) is 5.80. The molecule has 5 rings (SSSR count). The van der Waals surface area contributed by atoms with Crippen molar-refractivity contribution in [1.29, 1.82) is 0 Å². The topological polar surface area (TPSA) is 102 Å². The lowest BCUT2D eigenvalue weighted by Gasteiger charge is -2.18. The molecule has 0 bridgehead atoms. The van der Waals surface area contributed by atoms with E-state index in [9.17, 15) is 9.59 Å². The minimum absolute atomic E-state index is 0.00735. The first kappa shape index (κ1) is 18.7. The number of fused-ring (bicyclic) bond motifs is 2. The largest absolute Gasteiger partial charge is 0.461 e. The second-order valence-corrected chi connectivity index (χ2v) is 8.66. The molecule has 0 aliphatic heterocycles. The van der Waals surface area contributed by atoms with Gasteiger partial charge in [-0.1, -0.05) is 6.92 Å². The molecule has 0 fully saturated rings. The molecule has 0 saturated heterocycles. The maximum Gasteiger partial charge on any atom is 0.296 e. The van der Waals surface area contributed by atoms with Gasteiger partial charge < -0.3 is 9.73 Å². The van der Waals surface area contributed by atoms with Gasteiger partial charge in [0.1, 0.15) is 5.00 Å².